The first kappa shape index (κ1) is 12.6. The Hall–Kier alpha value is -2.17. The van der Waals surface area contributed by atoms with Gasteiger partial charge in [0, 0.05) is 40.1 Å². The first-order valence-corrected chi connectivity index (χ1v) is 7.70. The summed E-state index contributed by atoms with van der Waals surface area (Å²) in [6.07, 6.45) is 5.70. The number of pyridine rings is 1. The molecule has 0 aliphatic carbocycles. The summed E-state index contributed by atoms with van der Waals surface area (Å²) < 4.78 is 2.10. The Morgan fingerprint density at radius 3 is 2.67 bits per heavy atom. The zero-order valence-electron chi connectivity index (χ0n) is 10.9. The van der Waals surface area contributed by atoms with E-state index >= 15 is 0 Å². The van der Waals surface area contributed by atoms with E-state index in [4.69, 9.17) is 11.6 Å². The van der Waals surface area contributed by atoms with Gasteiger partial charge < -0.3 is 0 Å². The molecular formula is C16H10ClN3S. The molecular weight excluding hydrogens is 302 g/mol. The fraction of sp³-hybridized carbons (Fsp3) is 0. The van der Waals surface area contributed by atoms with E-state index in [1.807, 2.05) is 36.5 Å². The van der Waals surface area contributed by atoms with Gasteiger partial charge in [0.2, 0.25) is 0 Å². The van der Waals surface area contributed by atoms with Crippen LogP contribution in [0.4, 0.5) is 0 Å². The summed E-state index contributed by atoms with van der Waals surface area (Å²) >= 11 is 7.56. The van der Waals surface area contributed by atoms with Crippen molar-refractivity contribution in [3.8, 4) is 22.5 Å². The molecule has 102 valence electrons. The highest BCUT2D eigenvalue weighted by molar-refractivity contribution is 7.15. The minimum Gasteiger partial charge on any atom is -0.290 e. The predicted molar refractivity (Wildman–Crippen MR) is 86.7 cm³/mol. The standard InChI is InChI=1S/C16H10ClN3S/c17-13-5-3-11(4-6-13)14-9-20-15(10-21-16(20)19-14)12-2-1-7-18-8-12/h1-10H. The summed E-state index contributed by atoms with van der Waals surface area (Å²) in [6.45, 7) is 0. The highest BCUT2D eigenvalue weighted by Gasteiger charge is 2.10. The normalized spacial score (nSPS) is 11.1. The Labute approximate surface area is 130 Å². The van der Waals surface area contributed by atoms with E-state index in [1.165, 1.54) is 0 Å². The molecule has 0 bridgehead atoms. The lowest BCUT2D eigenvalue weighted by atomic mass is 10.2. The van der Waals surface area contributed by atoms with Gasteiger partial charge in [0.15, 0.2) is 4.96 Å². The molecule has 0 saturated heterocycles. The number of thiazole rings is 1. The van der Waals surface area contributed by atoms with E-state index in [2.05, 4.69) is 32.0 Å². The molecule has 0 unspecified atom stereocenters. The summed E-state index contributed by atoms with van der Waals surface area (Å²) in [6, 6.07) is 11.7. The Bertz CT molecular complexity index is 894. The number of hydrogen-bond acceptors (Lipinski definition) is 3. The zero-order valence-corrected chi connectivity index (χ0v) is 12.5. The molecule has 5 heteroatoms. The first-order valence-electron chi connectivity index (χ1n) is 6.44. The van der Waals surface area contributed by atoms with Crippen LogP contribution in [0.5, 0.6) is 0 Å². The first-order chi connectivity index (χ1) is 10.3. The fourth-order valence-corrected chi connectivity index (χ4v) is 3.27. The third kappa shape index (κ3) is 2.22. The van der Waals surface area contributed by atoms with Crippen LogP contribution in [0.25, 0.3) is 27.5 Å². The summed E-state index contributed by atoms with van der Waals surface area (Å²) in [7, 11) is 0. The van der Waals surface area contributed by atoms with E-state index in [0.29, 0.717) is 0 Å². The molecule has 0 amide bonds. The molecule has 0 aliphatic heterocycles. The average Bonchev–Trinajstić information content (AvgIpc) is 3.09. The number of aromatic nitrogens is 3. The Morgan fingerprint density at radius 1 is 1.05 bits per heavy atom. The average molecular weight is 312 g/mol. The second-order valence-corrected chi connectivity index (χ2v) is 5.92. The quantitative estimate of drug-likeness (QED) is 0.533. The summed E-state index contributed by atoms with van der Waals surface area (Å²) in [4.78, 5) is 9.83. The van der Waals surface area contributed by atoms with Crippen molar-refractivity contribution in [2.75, 3.05) is 0 Å². The molecule has 21 heavy (non-hydrogen) atoms. The summed E-state index contributed by atoms with van der Waals surface area (Å²) in [5.41, 5.74) is 4.20. The Morgan fingerprint density at radius 2 is 1.90 bits per heavy atom. The van der Waals surface area contributed by atoms with Gasteiger partial charge in [-0.3, -0.25) is 9.38 Å². The monoisotopic (exact) mass is 311 g/mol. The summed E-state index contributed by atoms with van der Waals surface area (Å²) in [5, 5.41) is 2.83. The van der Waals surface area contributed by atoms with Crippen molar-refractivity contribution < 1.29 is 0 Å². The molecule has 0 N–H and O–H groups in total. The topological polar surface area (TPSA) is 30.2 Å². The number of benzene rings is 1. The van der Waals surface area contributed by atoms with Gasteiger partial charge in [0.1, 0.15) is 0 Å². The van der Waals surface area contributed by atoms with E-state index in [-0.39, 0.29) is 0 Å². The van der Waals surface area contributed by atoms with E-state index < -0.39 is 0 Å². The predicted octanol–water partition coefficient (Wildman–Crippen LogP) is 4.78. The largest absolute Gasteiger partial charge is 0.290 e. The number of halogens is 1. The molecule has 4 aromatic rings. The van der Waals surface area contributed by atoms with Gasteiger partial charge in [-0.2, -0.15) is 0 Å². The summed E-state index contributed by atoms with van der Waals surface area (Å²) in [5.74, 6) is 0. The van der Waals surface area contributed by atoms with Crippen molar-refractivity contribution in [2.45, 2.75) is 0 Å². The van der Waals surface area contributed by atoms with E-state index in [9.17, 15) is 0 Å². The Balaban J connectivity index is 1.84. The minimum atomic E-state index is 0.732. The van der Waals surface area contributed by atoms with Crippen LogP contribution in [0.1, 0.15) is 0 Å². The third-order valence-corrected chi connectivity index (χ3v) is 4.40. The van der Waals surface area contributed by atoms with Crippen molar-refractivity contribution in [1.29, 1.82) is 0 Å². The van der Waals surface area contributed by atoms with Crippen LogP contribution in [-0.2, 0) is 0 Å². The van der Waals surface area contributed by atoms with Gasteiger partial charge in [-0.15, -0.1) is 11.3 Å². The highest BCUT2D eigenvalue weighted by atomic mass is 35.5. The molecule has 0 saturated carbocycles. The second-order valence-electron chi connectivity index (χ2n) is 4.65. The molecule has 0 atom stereocenters. The van der Waals surface area contributed by atoms with Crippen LogP contribution in [0.15, 0.2) is 60.4 Å². The number of rotatable bonds is 2. The van der Waals surface area contributed by atoms with Crippen LogP contribution in [0.3, 0.4) is 0 Å². The van der Waals surface area contributed by atoms with Gasteiger partial charge >= 0.3 is 0 Å². The SMILES string of the molecule is Clc1ccc(-c2cn3c(-c4cccnc4)csc3n2)cc1. The van der Waals surface area contributed by atoms with Gasteiger partial charge in [-0.1, -0.05) is 23.7 Å². The van der Waals surface area contributed by atoms with Crippen molar-refractivity contribution in [3.05, 3.63) is 65.4 Å². The maximum atomic E-state index is 5.93. The molecule has 3 heterocycles. The fourth-order valence-electron chi connectivity index (χ4n) is 2.27. The lowest BCUT2D eigenvalue weighted by Crippen LogP contribution is -1.84. The van der Waals surface area contributed by atoms with Crippen LogP contribution in [-0.4, -0.2) is 14.4 Å². The van der Waals surface area contributed by atoms with E-state index in [1.54, 1.807) is 17.5 Å². The van der Waals surface area contributed by atoms with Crippen molar-refractivity contribution >= 4 is 27.9 Å². The minimum absolute atomic E-state index is 0.732. The number of fused-ring (bicyclic) bond motifs is 1. The molecule has 3 nitrogen and oxygen atoms in total. The molecule has 3 aromatic heterocycles. The maximum Gasteiger partial charge on any atom is 0.194 e. The van der Waals surface area contributed by atoms with Crippen LogP contribution in [0, 0.1) is 0 Å². The molecule has 0 spiro atoms. The van der Waals surface area contributed by atoms with Gasteiger partial charge in [-0.25, -0.2) is 4.98 Å². The number of nitrogens with zero attached hydrogens (tertiary/aromatic N) is 3. The van der Waals surface area contributed by atoms with Gasteiger partial charge in [-0.05, 0) is 24.3 Å². The smallest absolute Gasteiger partial charge is 0.194 e. The van der Waals surface area contributed by atoms with Crippen LogP contribution in [0.2, 0.25) is 5.02 Å². The molecule has 1 aromatic carbocycles. The van der Waals surface area contributed by atoms with Crippen LogP contribution >= 0.6 is 22.9 Å². The molecule has 0 fully saturated rings. The highest BCUT2D eigenvalue weighted by Crippen LogP contribution is 2.29. The van der Waals surface area contributed by atoms with Gasteiger partial charge in [0.25, 0.3) is 0 Å². The Kier molecular flexibility index (Phi) is 2.98. The van der Waals surface area contributed by atoms with Crippen molar-refractivity contribution in [2.24, 2.45) is 0 Å². The lowest BCUT2D eigenvalue weighted by molar-refractivity contribution is 1.22. The second kappa shape index (κ2) is 4.98. The lowest BCUT2D eigenvalue weighted by Gasteiger charge is -1.98. The maximum absolute atomic E-state index is 5.93. The van der Waals surface area contributed by atoms with Crippen molar-refractivity contribution in [1.82, 2.24) is 14.4 Å². The third-order valence-electron chi connectivity index (χ3n) is 3.31. The number of imidazole rings is 1. The molecule has 4 rings (SSSR count). The molecule has 0 aliphatic rings. The number of hydrogen-bond donors (Lipinski definition) is 0. The van der Waals surface area contributed by atoms with E-state index in [0.717, 1.165) is 32.5 Å². The molecule has 0 radical (unpaired) electrons. The van der Waals surface area contributed by atoms with Crippen molar-refractivity contribution in [3.63, 3.8) is 0 Å². The van der Waals surface area contributed by atoms with Gasteiger partial charge in [0.05, 0.1) is 11.4 Å². The zero-order chi connectivity index (χ0) is 14.2. The van der Waals surface area contributed by atoms with Crippen LogP contribution < -0.4 is 0 Å².